The Morgan fingerprint density at radius 1 is 1.50 bits per heavy atom. The largest absolute Gasteiger partial charge is 0.391 e. The van der Waals surface area contributed by atoms with Crippen LogP contribution >= 0.6 is 0 Å². The van der Waals surface area contributed by atoms with Gasteiger partial charge in [-0.1, -0.05) is 0 Å². The number of hydrogen-bond donors (Lipinski definition) is 1. The first-order valence-electron chi connectivity index (χ1n) is 4.06. The molecule has 64 valence electrons. The molecule has 0 radical (unpaired) electrons. The van der Waals surface area contributed by atoms with Gasteiger partial charge in [-0.25, -0.2) is 0 Å². The van der Waals surface area contributed by atoms with Crippen LogP contribution in [-0.4, -0.2) is 34.5 Å². The van der Waals surface area contributed by atoms with Crippen molar-refractivity contribution in [3.05, 3.63) is 18.5 Å². The second-order valence-electron chi connectivity index (χ2n) is 2.99. The monoisotopic (exact) mass is 165 g/mol. The van der Waals surface area contributed by atoms with Gasteiger partial charge in [0.1, 0.15) is 0 Å². The molecule has 1 saturated heterocycles. The summed E-state index contributed by atoms with van der Waals surface area (Å²) in [5, 5.41) is 16.8. The molecule has 12 heavy (non-hydrogen) atoms. The van der Waals surface area contributed by atoms with Gasteiger partial charge >= 0.3 is 0 Å². The fourth-order valence-corrected chi connectivity index (χ4v) is 1.45. The Labute approximate surface area is 70.8 Å². The van der Waals surface area contributed by atoms with Gasteiger partial charge in [0.2, 0.25) is 0 Å². The van der Waals surface area contributed by atoms with Gasteiger partial charge in [-0.15, -0.1) is 0 Å². The standard InChI is InChI=1S/C8H11N3O/c12-8-2-4-11(6-8)7-1-3-9-10-5-7/h1,3,5,8,12H,2,4,6H2. The molecule has 1 aromatic rings. The third-order valence-electron chi connectivity index (χ3n) is 2.10. The maximum Gasteiger partial charge on any atom is 0.0731 e. The predicted molar refractivity (Wildman–Crippen MR) is 44.9 cm³/mol. The van der Waals surface area contributed by atoms with E-state index in [2.05, 4.69) is 15.1 Å². The average molecular weight is 165 g/mol. The molecule has 1 fully saturated rings. The maximum absolute atomic E-state index is 9.28. The lowest BCUT2D eigenvalue weighted by Crippen LogP contribution is -2.21. The molecule has 1 atom stereocenters. The highest BCUT2D eigenvalue weighted by Crippen LogP contribution is 2.17. The van der Waals surface area contributed by atoms with Crippen molar-refractivity contribution in [1.29, 1.82) is 0 Å². The Kier molecular flexibility index (Phi) is 1.91. The van der Waals surface area contributed by atoms with Crippen LogP contribution in [-0.2, 0) is 0 Å². The molecule has 0 amide bonds. The molecule has 2 heterocycles. The first-order chi connectivity index (χ1) is 5.86. The van der Waals surface area contributed by atoms with Gasteiger partial charge < -0.3 is 10.0 Å². The fraction of sp³-hybridized carbons (Fsp3) is 0.500. The molecule has 1 N–H and O–H groups in total. The van der Waals surface area contributed by atoms with Crippen LogP contribution in [0.1, 0.15) is 6.42 Å². The van der Waals surface area contributed by atoms with Crippen molar-refractivity contribution in [2.75, 3.05) is 18.0 Å². The highest BCUT2D eigenvalue weighted by molar-refractivity contribution is 5.43. The molecule has 0 aromatic carbocycles. The third kappa shape index (κ3) is 1.38. The van der Waals surface area contributed by atoms with Crippen LogP contribution in [0.4, 0.5) is 5.69 Å². The molecule has 0 spiro atoms. The number of rotatable bonds is 1. The number of hydrogen-bond acceptors (Lipinski definition) is 4. The Bertz CT molecular complexity index is 252. The van der Waals surface area contributed by atoms with Crippen LogP contribution in [0.3, 0.4) is 0 Å². The number of aromatic nitrogens is 2. The average Bonchev–Trinajstić information content (AvgIpc) is 2.54. The third-order valence-corrected chi connectivity index (χ3v) is 2.10. The van der Waals surface area contributed by atoms with Crippen molar-refractivity contribution in [2.24, 2.45) is 0 Å². The Balaban J connectivity index is 2.11. The second-order valence-corrected chi connectivity index (χ2v) is 2.99. The topological polar surface area (TPSA) is 49.2 Å². The smallest absolute Gasteiger partial charge is 0.0731 e. The highest BCUT2D eigenvalue weighted by atomic mass is 16.3. The summed E-state index contributed by atoms with van der Waals surface area (Å²) in [5.74, 6) is 0. The lowest BCUT2D eigenvalue weighted by atomic mass is 10.3. The highest BCUT2D eigenvalue weighted by Gasteiger charge is 2.20. The van der Waals surface area contributed by atoms with Crippen molar-refractivity contribution in [3.63, 3.8) is 0 Å². The predicted octanol–water partition coefficient (Wildman–Crippen LogP) is 0.0476. The molecule has 1 aliphatic heterocycles. The van der Waals surface area contributed by atoms with Gasteiger partial charge in [-0.3, -0.25) is 0 Å². The summed E-state index contributed by atoms with van der Waals surface area (Å²) in [7, 11) is 0. The number of aliphatic hydroxyl groups is 1. The molecule has 0 aliphatic carbocycles. The van der Waals surface area contributed by atoms with E-state index in [4.69, 9.17) is 0 Å². The zero-order valence-corrected chi connectivity index (χ0v) is 6.72. The van der Waals surface area contributed by atoms with Gasteiger partial charge in [-0.2, -0.15) is 10.2 Å². The zero-order chi connectivity index (χ0) is 8.39. The molecule has 1 unspecified atom stereocenters. The molecule has 1 aliphatic rings. The van der Waals surface area contributed by atoms with Crippen molar-refractivity contribution < 1.29 is 5.11 Å². The SMILES string of the molecule is OC1CCN(c2ccnnc2)C1. The van der Waals surface area contributed by atoms with Gasteiger partial charge in [0.15, 0.2) is 0 Å². The summed E-state index contributed by atoms with van der Waals surface area (Å²) in [5.41, 5.74) is 1.04. The molecular formula is C8H11N3O. The first-order valence-corrected chi connectivity index (χ1v) is 4.06. The molecule has 0 saturated carbocycles. The molecule has 0 bridgehead atoms. The van der Waals surface area contributed by atoms with Crippen LogP contribution < -0.4 is 4.90 Å². The Morgan fingerprint density at radius 2 is 2.42 bits per heavy atom. The van der Waals surface area contributed by atoms with Gasteiger partial charge in [0, 0.05) is 13.1 Å². The Hall–Kier alpha value is -1.16. The van der Waals surface area contributed by atoms with E-state index in [0.29, 0.717) is 6.54 Å². The Morgan fingerprint density at radius 3 is 3.00 bits per heavy atom. The molecule has 4 heteroatoms. The van der Waals surface area contributed by atoms with E-state index < -0.39 is 0 Å². The van der Waals surface area contributed by atoms with E-state index in [0.717, 1.165) is 18.7 Å². The number of β-amino-alcohol motifs (C(OH)–C–C–N with tert-alkyl or cyclic N) is 1. The van der Waals surface area contributed by atoms with E-state index in [1.165, 1.54) is 0 Å². The summed E-state index contributed by atoms with van der Waals surface area (Å²) < 4.78 is 0. The first kappa shape index (κ1) is 7.49. The fourth-order valence-electron chi connectivity index (χ4n) is 1.45. The molecule has 4 nitrogen and oxygen atoms in total. The van der Waals surface area contributed by atoms with Crippen molar-refractivity contribution in [2.45, 2.75) is 12.5 Å². The summed E-state index contributed by atoms with van der Waals surface area (Å²) in [6.07, 6.45) is 4.05. The minimum atomic E-state index is -0.182. The van der Waals surface area contributed by atoms with E-state index in [1.54, 1.807) is 12.4 Å². The van der Waals surface area contributed by atoms with Crippen molar-refractivity contribution >= 4 is 5.69 Å². The van der Waals surface area contributed by atoms with Crippen molar-refractivity contribution in [3.8, 4) is 0 Å². The number of nitrogens with zero attached hydrogens (tertiary/aromatic N) is 3. The summed E-state index contributed by atoms with van der Waals surface area (Å²) in [4.78, 5) is 2.11. The van der Waals surface area contributed by atoms with Crippen LogP contribution in [0, 0.1) is 0 Å². The minimum Gasteiger partial charge on any atom is -0.391 e. The lowest BCUT2D eigenvalue weighted by Gasteiger charge is -2.15. The maximum atomic E-state index is 9.28. The summed E-state index contributed by atoms with van der Waals surface area (Å²) in [6, 6.07) is 1.91. The zero-order valence-electron chi connectivity index (χ0n) is 6.72. The summed E-state index contributed by atoms with van der Waals surface area (Å²) >= 11 is 0. The van der Waals surface area contributed by atoms with E-state index in [-0.39, 0.29) is 6.10 Å². The quantitative estimate of drug-likeness (QED) is 0.638. The van der Waals surface area contributed by atoms with E-state index >= 15 is 0 Å². The van der Waals surface area contributed by atoms with Crippen LogP contribution in [0.2, 0.25) is 0 Å². The number of anilines is 1. The van der Waals surface area contributed by atoms with E-state index in [1.807, 2.05) is 6.07 Å². The normalized spacial score (nSPS) is 23.1. The lowest BCUT2D eigenvalue weighted by molar-refractivity contribution is 0.198. The summed E-state index contributed by atoms with van der Waals surface area (Å²) in [6.45, 7) is 1.62. The molecule has 1 aromatic heterocycles. The minimum absolute atomic E-state index is 0.182. The van der Waals surface area contributed by atoms with Crippen LogP contribution in [0.25, 0.3) is 0 Å². The van der Waals surface area contributed by atoms with Crippen LogP contribution in [0.15, 0.2) is 18.5 Å². The molecular weight excluding hydrogens is 154 g/mol. The van der Waals surface area contributed by atoms with Gasteiger partial charge in [-0.05, 0) is 12.5 Å². The van der Waals surface area contributed by atoms with E-state index in [9.17, 15) is 5.11 Å². The van der Waals surface area contributed by atoms with Crippen molar-refractivity contribution in [1.82, 2.24) is 10.2 Å². The second kappa shape index (κ2) is 3.06. The van der Waals surface area contributed by atoms with Gasteiger partial charge in [0.25, 0.3) is 0 Å². The van der Waals surface area contributed by atoms with Gasteiger partial charge in [0.05, 0.1) is 24.2 Å². The number of aliphatic hydroxyl groups excluding tert-OH is 1. The van der Waals surface area contributed by atoms with Crippen LogP contribution in [0.5, 0.6) is 0 Å². The molecule has 2 rings (SSSR count).